The van der Waals surface area contributed by atoms with Crippen molar-refractivity contribution < 1.29 is 18.3 Å². The van der Waals surface area contributed by atoms with Gasteiger partial charge >= 0.3 is 5.97 Å². The van der Waals surface area contributed by atoms with Crippen molar-refractivity contribution >= 4 is 27.4 Å². The van der Waals surface area contributed by atoms with E-state index in [0.29, 0.717) is 12.1 Å². The van der Waals surface area contributed by atoms with Gasteiger partial charge in [-0.05, 0) is 12.3 Å². The van der Waals surface area contributed by atoms with Crippen molar-refractivity contribution in [1.82, 2.24) is 9.78 Å². The highest BCUT2D eigenvalue weighted by atomic mass is 35.5. The first kappa shape index (κ1) is 16.0. The van der Waals surface area contributed by atoms with Crippen LogP contribution < -0.4 is 0 Å². The van der Waals surface area contributed by atoms with Crippen molar-refractivity contribution in [3.63, 3.8) is 0 Å². The Morgan fingerprint density at radius 1 is 1.47 bits per heavy atom. The zero-order valence-corrected chi connectivity index (χ0v) is 12.6. The van der Waals surface area contributed by atoms with Gasteiger partial charge in [-0.15, -0.1) is 0 Å². The Labute approximate surface area is 117 Å². The minimum atomic E-state index is -3.15. The van der Waals surface area contributed by atoms with Gasteiger partial charge in [-0.25, -0.2) is 13.2 Å². The fourth-order valence-electron chi connectivity index (χ4n) is 1.63. The lowest BCUT2D eigenvalue weighted by atomic mass is 10.1. The summed E-state index contributed by atoms with van der Waals surface area (Å²) < 4.78 is 23.5. The lowest BCUT2D eigenvalue weighted by Crippen LogP contribution is -2.12. The molecule has 0 aliphatic carbocycles. The summed E-state index contributed by atoms with van der Waals surface area (Å²) in [6.07, 6.45) is 1.59. The van der Waals surface area contributed by atoms with Crippen LogP contribution in [0.3, 0.4) is 0 Å². The topological polar surface area (TPSA) is 89.3 Å². The maximum atomic E-state index is 11.2. The molecule has 0 aliphatic rings. The van der Waals surface area contributed by atoms with Crippen molar-refractivity contribution in [2.24, 2.45) is 5.92 Å². The molecule has 8 heteroatoms. The molecule has 0 aromatic carbocycles. The second kappa shape index (κ2) is 5.92. The summed E-state index contributed by atoms with van der Waals surface area (Å²) >= 11 is 5.96. The van der Waals surface area contributed by atoms with Crippen LogP contribution in [0, 0.1) is 5.92 Å². The molecule has 0 spiro atoms. The zero-order chi connectivity index (χ0) is 14.8. The fraction of sp³-hybridized carbons (Fsp3) is 0.636. The number of aromatic nitrogens is 2. The third-order valence-electron chi connectivity index (χ3n) is 2.45. The molecule has 1 heterocycles. The second-order valence-electron chi connectivity index (χ2n) is 4.87. The van der Waals surface area contributed by atoms with Crippen LogP contribution in [0.4, 0.5) is 0 Å². The van der Waals surface area contributed by atoms with Crippen molar-refractivity contribution in [3.8, 4) is 0 Å². The highest BCUT2D eigenvalue weighted by molar-refractivity contribution is 7.90. The molecule has 1 N–H and O–H groups in total. The summed E-state index contributed by atoms with van der Waals surface area (Å²) in [4.78, 5) is 11.2. The van der Waals surface area contributed by atoms with Crippen molar-refractivity contribution in [2.75, 3.05) is 12.0 Å². The van der Waals surface area contributed by atoms with E-state index in [1.165, 1.54) is 4.68 Å². The zero-order valence-electron chi connectivity index (χ0n) is 11.1. The standard InChI is InChI=1S/C11H17ClN2O4S/c1-7(2)6-8-9(11(15)16)10(12)14(13-8)4-5-19(3,17)18/h7H,4-6H2,1-3H3,(H,15,16). The van der Waals surface area contributed by atoms with E-state index in [0.717, 1.165) is 6.26 Å². The Hall–Kier alpha value is -1.08. The van der Waals surface area contributed by atoms with Crippen molar-refractivity contribution in [2.45, 2.75) is 26.8 Å². The summed E-state index contributed by atoms with van der Waals surface area (Å²) in [5.74, 6) is -1.05. The maximum absolute atomic E-state index is 11.2. The highest BCUT2D eigenvalue weighted by Gasteiger charge is 2.23. The number of sulfone groups is 1. The normalized spacial score (nSPS) is 12.1. The van der Waals surface area contributed by atoms with Gasteiger partial charge in [0.15, 0.2) is 0 Å². The molecular weight excluding hydrogens is 292 g/mol. The summed E-state index contributed by atoms with van der Waals surface area (Å²) in [6, 6.07) is 0. The number of nitrogens with zero attached hydrogens (tertiary/aromatic N) is 2. The average molecular weight is 309 g/mol. The number of rotatable bonds is 6. The van der Waals surface area contributed by atoms with E-state index in [2.05, 4.69) is 5.10 Å². The first-order chi connectivity index (χ1) is 8.61. The second-order valence-corrected chi connectivity index (χ2v) is 7.49. The van der Waals surface area contributed by atoms with Gasteiger partial charge in [0.1, 0.15) is 20.6 Å². The number of aromatic carboxylic acids is 1. The lowest BCUT2D eigenvalue weighted by molar-refractivity contribution is 0.0695. The van der Waals surface area contributed by atoms with Gasteiger partial charge in [-0.1, -0.05) is 25.4 Å². The molecule has 0 aliphatic heterocycles. The quantitative estimate of drug-likeness (QED) is 0.859. The molecule has 0 amide bonds. The molecule has 6 nitrogen and oxygen atoms in total. The van der Waals surface area contributed by atoms with Crippen LogP contribution >= 0.6 is 11.6 Å². The molecule has 1 rings (SSSR count). The molecule has 19 heavy (non-hydrogen) atoms. The highest BCUT2D eigenvalue weighted by Crippen LogP contribution is 2.22. The van der Waals surface area contributed by atoms with Gasteiger partial charge in [0.2, 0.25) is 0 Å². The number of hydrogen-bond donors (Lipinski definition) is 1. The number of aryl methyl sites for hydroxylation is 1. The van der Waals surface area contributed by atoms with E-state index in [-0.39, 0.29) is 28.9 Å². The van der Waals surface area contributed by atoms with Crippen LogP contribution in [0.25, 0.3) is 0 Å². The Morgan fingerprint density at radius 2 is 2.05 bits per heavy atom. The van der Waals surface area contributed by atoms with Gasteiger partial charge in [-0.3, -0.25) is 4.68 Å². The summed E-state index contributed by atoms with van der Waals surface area (Å²) in [6.45, 7) is 3.93. The SMILES string of the molecule is CC(C)Cc1nn(CCS(C)(=O)=O)c(Cl)c1C(=O)O. The predicted octanol–water partition coefficient (Wildman–Crippen LogP) is 1.48. The lowest BCUT2D eigenvalue weighted by Gasteiger charge is -2.02. The fourth-order valence-corrected chi connectivity index (χ4v) is 2.45. The van der Waals surface area contributed by atoms with E-state index < -0.39 is 15.8 Å². The third kappa shape index (κ3) is 4.50. The molecule has 0 atom stereocenters. The van der Waals surface area contributed by atoms with E-state index in [4.69, 9.17) is 16.7 Å². The van der Waals surface area contributed by atoms with Crippen molar-refractivity contribution in [1.29, 1.82) is 0 Å². The molecule has 1 aromatic rings. The van der Waals surface area contributed by atoms with E-state index in [1.807, 2.05) is 13.8 Å². The average Bonchev–Trinajstić information content (AvgIpc) is 2.50. The smallest absolute Gasteiger partial charge is 0.340 e. The Bertz CT molecular complexity index is 578. The van der Waals surface area contributed by atoms with Crippen LogP contribution in [0.2, 0.25) is 5.15 Å². The Kier molecular flexibility index (Phi) is 4.98. The molecule has 0 radical (unpaired) electrons. The number of hydrogen-bond acceptors (Lipinski definition) is 4. The first-order valence-corrected chi connectivity index (χ1v) is 8.22. The minimum Gasteiger partial charge on any atom is -0.478 e. The summed E-state index contributed by atoms with van der Waals surface area (Å²) in [5.41, 5.74) is 0.352. The third-order valence-corrected chi connectivity index (χ3v) is 3.76. The summed E-state index contributed by atoms with van der Waals surface area (Å²) in [7, 11) is -3.15. The summed E-state index contributed by atoms with van der Waals surface area (Å²) in [5, 5.41) is 13.2. The Balaban J connectivity index is 3.10. The van der Waals surface area contributed by atoms with Gasteiger partial charge in [0.25, 0.3) is 0 Å². The number of carboxylic acid groups (broad SMARTS) is 1. The molecule has 1 aromatic heterocycles. The van der Waals surface area contributed by atoms with Gasteiger partial charge in [-0.2, -0.15) is 5.10 Å². The molecule has 0 unspecified atom stereocenters. The van der Waals surface area contributed by atoms with Crippen LogP contribution in [-0.2, 0) is 22.8 Å². The van der Waals surface area contributed by atoms with E-state index >= 15 is 0 Å². The number of carbonyl (C=O) groups is 1. The van der Waals surface area contributed by atoms with E-state index in [9.17, 15) is 13.2 Å². The minimum absolute atomic E-state index is 0.0215. The van der Waals surface area contributed by atoms with Crippen LogP contribution in [0.5, 0.6) is 0 Å². The van der Waals surface area contributed by atoms with E-state index in [1.54, 1.807) is 0 Å². The maximum Gasteiger partial charge on any atom is 0.340 e. The molecule has 0 saturated carbocycles. The molecule has 0 bridgehead atoms. The largest absolute Gasteiger partial charge is 0.478 e. The monoisotopic (exact) mass is 308 g/mol. The molecule has 108 valence electrons. The van der Waals surface area contributed by atoms with Crippen LogP contribution in [-0.4, -0.2) is 41.3 Å². The Morgan fingerprint density at radius 3 is 2.47 bits per heavy atom. The molecular formula is C11H17ClN2O4S. The predicted molar refractivity (Wildman–Crippen MR) is 72.4 cm³/mol. The first-order valence-electron chi connectivity index (χ1n) is 5.78. The number of halogens is 1. The molecule has 0 saturated heterocycles. The van der Waals surface area contributed by atoms with Gasteiger partial charge < -0.3 is 5.11 Å². The van der Waals surface area contributed by atoms with Gasteiger partial charge in [0.05, 0.1) is 18.0 Å². The van der Waals surface area contributed by atoms with Crippen LogP contribution in [0.15, 0.2) is 0 Å². The van der Waals surface area contributed by atoms with Crippen molar-refractivity contribution in [3.05, 3.63) is 16.4 Å². The van der Waals surface area contributed by atoms with Crippen LogP contribution in [0.1, 0.15) is 29.9 Å². The van der Waals surface area contributed by atoms with Gasteiger partial charge in [0, 0.05) is 6.26 Å². The number of carboxylic acids is 1. The molecule has 0 fully saturated rings.